The quantitative estimate of drug-likeness (QED) is 0.328. The van der Waals surface area contributed by atoms with Crippen LogP contribution in [0.4, 0.5) is 5.69 Å². The Bertz CT molecular complexity index is 638. The van der Waals surface area contributed by atoms with Crippen molar-refractivity contribution in [2.24, 2.45) is 5.41 Å². The van der Waals surface area contributed by atoms with E-state index in [1.54, 1.807) is 0 Å². The largest absolute Gasteiger partial charge is 0.491 e. The van der Waals surface area contributed by atoms with Crippen LogP contribution in [0.3, 0.4) is 0 Å². The molecule has 0 saturated heterocycles. The van der Waals surface area contributed by atoms with Crippen molar-refractivity contribution in [2.45, 2.75) is 98.8 Å². The number of rotatable bonds is 14. The lowest BCUT2D eigenvalue weighted by Gasteiger charge is -2.35. The van der Waals surface area contributed by atoms with Gasteiger partial charge in [-0.2, -0.15) is 0 Å². The Kier molecular flexibility index (Phi) is 10.7. The summed E-state index contributed by atoms with van der Waals surface area (Å²) in [6.07, 6.45) is 6.38. The first-order valence-corrected chi connectivity index (χ1v) is 11.7. The number of benzene rings is 1. The van der Waals surface area contributed by atoms with Crippen molar-refractivity contribution in [3.63, 3.8) is 0 Å². The summed E-state index contributed by atoms with van der Waals surface area (Å²) in [7, 11) is 0. The van der Waals surface area contributed by atoms with Crippen molar-refractivity contribution >= 4 is 11.7 Å². The van der Waals surface area contributed by atoms with Gasteiger partial charge in [-0.3, -0.25) is 4.79 Å². The summed E-state index contributed by atoms with van der Waals surface area (Å²) in [5.74, 6) is 0.105. The average Bonchev–Trinajstić information content (AvgIpc) is 2.63. The zero-order chi connectivity index (χ0) is 22.8. The maximum atomic E-state index is 10.8. The second-order valence-electron chi connectivity index (χ2n) is 10.3. The molecule has 172 valence electrons. The van der Waals surface area contributed by atoms with Crippen LogP contribution >= 0.6 is 0 Å². The summed E-state index contributed by atoms with van der Waals surface area (Å²) in [5.41, 5.74) is 2.81. The van der Waals surface area contributed by atoms with E-state index in [0.29, 0.717) is 13.0 Å². The number of aliphatic carboxylic acids is 1. The van der Waals surface area contributed by atoms with E-state index >= 15 is 0 Å². The molecule has 30 heavy (non-hydrogen) atoms. The van der Waals surface area contributed by atoms with E-state index in [2.05, 4.69) is 71.6 Å². The summed E-state index contributed by atoms with van der Waals surface area (Å²) in [6, 6.07) is 6.61. The van der Waals surface area contributed by atoms with E-state index in [1.807, 2.05) is 0 Å². The number of unbranched alkanes of at least 4 members (excludes halogenated alkanes) is 2. The molecule has 0 aliphatic heterocycles. The number of carboxylic acids is 1. The monoisotopic (exact) mass is 419 g/mol. The van der Waals surface area contributed by atoms with Gasteiger partial charge in [-0.05, 0) is 54.2 Å². The minimum absolute atomic E-state index is 0.0655. The molecule has 0 aliphatic rings. The van der Waals surface area contributed by atoms with Gasteiger partial charge in [0.1, 0.15) is 5.75 Å². The zero-order valence-electron chi connectivity index (χ0n) is 20.5. The highest BCUT2D eigenvalue weighted by molar-refractivity contribution is 5.66. The lowest BCUT2D eigenvalue weighted by molar-refractivity contribution is -0.137. The van der Waals surface area contributed by atoms with Gasteiger partial charge < -0.3 is 14.7 Å². The normalized spacial score (nSPS) is 12.1. The van der Waals surface area contributed by atoms with Gasteiger partial charge in [0.05, 0.1) is 12.3 Å². The van der Waals surface area contributed by atoms with Crippen LogP contribution in [0, 0.1) is 5.41 Å². The minimum Gasteiger partial charge on any atom is -0.491 e. The molecule has 1 aromatic carbocycles. The second-order valence-corrected chi connectivity index (χ2v) is 10.3. The summed E-state index contributed by atoms with van der Waals surface area (Å²) < 4.78 is 6.09. The van der Waals surface area contributed by atoms with Gasteiger partial charge in [0.25, 0.3) is 0 Å². The van der Waals surface area contributed by atoms with Gasteiger partial charge >= 0.3 is 5.97 Å². The molecule has 0 spiro atoms. The number of ether oxygens (including phenoxy) is 1. The highest BCUT2D eigenvalue weighted by Gasteiger charge is 2.28. The topological polar surface area (TPSA) is 49.8 Å². The second kappa shape index (κ2) is 12.2. The number of nitrogens with zero attached hydrogens (tertiary/aromatic N) is 1. The van der Waals surface area contributed by atoms with Gasteiger partial charge in [-0.25, -0.2) is 0 Å². The van der Waals surface area contributed by atoms with Gasteiger partial charge in [0.2, 0.25) is 0 Å². The molecule has 0 bridgehead atoms. The molecule has 0 saturated carbocycles. The Morgan fingerprint density at radius 3 is 2.10 bits per heavy atom. The van der Waals surface area contributed by atoms with Crippen molar-refractivity contribution in [1.82, 2.24) is 0 Å². The molecular formula is C26H45NO3. The summed E-state index contributed by atoms with van der Waals surface area (Å²) in [4.78, 5) is 13.3. The van der Waals surface area contributed by atoms with Gasteiger partial charge in [-0.1, -0.05) is 67.4 Å². The Morgan fingerprint density at radius 1 is 1.00 bits per heavy atom. The van der Waals surface area contributed by atoms with E-state index in [4.69, 9.17) is 9.84 Å². The van der Waals surface area contributed by atoms with Crippen molar-refractivity contribution in [2.75, 3.05) is 24.6 Å². The molecule has 4 nitrogen and oxygen atoms in total. The van der Waals surface area contributed by atoms with Crippen LogP contribution in [0.5, 0.6) is 5.75 Å². The fourth-order valence-corrected chi connectivity index (χ4v) is 4.19. The van der Waals surface area contributed by atoms with Crippen molar-refractivity contribution < 1.29 is 14.6 Å². The molecule has 1 rings (SSSR count). The van der Waals surface area contributed by atoms with E-state index in [-0.39, 0.29) is 17.3 Å². The summed E-state index contributed by atoms with van der Waals surface area (Å²) in [6.45, 7) is 18.5. The predicted molar refractivity (Wildman–Crippen MR) is 128 cm³/mol. The molecule has 0 fully saturated rings. The molecule has 4 heteroatoms. The molecule has 0 amide bonds. The smallest absolute Gasteiger partial charge is 0.303 e. The average molecular weight is 420 g/mol. The Labute approximate surface area is 185 Å². The molecular weight excluding hydrogens is 374 g/mol. The lowest BCUT2D eigenvalue weighted by Crippen LogP contribution is -2.28. The number of carbonyl (C=O) groups is 1. The molecule has 1 aromatic rings. The third-order valence-corrected chi connectivity index (χ3v) is 5.41. The first kappa shape index (κ1) is 26.3. The van der Waals surface area contributed by atoms with E-state index in [1.165, 1.54) is 5.56 Å². The number of anilines is 1. The van der Waals surface area contributed by atoms with Crippen molar-refractivity contribution in [3.05, 3.63) is 23.8 Å². The first-order chi connectivity index (χ1) is 14.0. The fourth-order valence-electron chi connectivity index (χ4n) is 4.19. The fraction of sp³-hybridized carbons (Fsp3) is 0.731. The zero-order valence-corrected chi connectivity index (χ0v) is 20.5. The highest BCUT2D eigenvalue weighted by Crippen LogP contribution is 2.40. The van der Waals surface area contributed by atoms with Gasteiger partial charge in [0, 0.05) is 19.5 Å². The summed E-state index contributed by atoms with van der Waals surface area (Å²) in [5, 5.41) is 8.90. The maximum Gasteiger partial charge on any atom is 0.303 e. The molecule has 0 aromatic heterocycles. The van der Waals surface area contributed by atoms with Crippen LogP contribution in [0.25, 0.3) is 0 Å². The van der Waals surface area contributed by atoms with Crippen LogP contribution in [0.2, 0.25) is 0 Å². The Balaban J connectivity index is 3.23. The third-order valence-electron chi connectivity index (χ3n) is 5.41. The maximum absolute atomic E-state index is 10.8. The molecule has 0 heterocycles. The predicted octanol–water partition coefficient (Wildman–Crippen LogP) is 7.05. The highest BCUT2D eigenvalue weighted by atomic mass is 16.5. The van der Waals surface area contributed by atoms with Gasteiger partial charge in [-0.15, -0.1) is 0 Å². The number of carboxylic acid groups (broad SMARTS) is 1. The lowest BCUT2D eigenvalue weighted by atomic mass is 9.72. The van der Waals surface area contributed by atoms with Gasteiger partial charge in [0.15, 0.2) is 0 Å². The SMILES string of the molecule is CCCCN(CCCC)c1cc(C(C)(C)CC(C)(C)C)ccc1OCCCC(=O)O. The molecule has 0 atom stereocenters. The van der Waals surface area contributed by atoms with Crippen LogP contribution in [-0.2, 0) is 10.2 Å². The van der Waals surface area contributed by atoms with Crippen molar-refractivity contribution in [1.29, 1.82) is 0 Å². The standard InChI is InChI=1S/C26H45NO3/c1-8-10-16-27(17-11-9-2)22-19-21(26(6,7)20-25(3,4)5)14-15-23(22)30-18-12-13-24(28)29/h14-15,19H,8-13,16-18,20H2,1-7H3,(H,28,29). The number of hydrogen-bond donors (Lipinski definition) is 1. The molecule has 0 aliphatic carbocycles. The Morgan fingerprint density at radius 2 is 1.60 bits per heavy atom. The van der Waals surface area contributed by atoms with E-state index in [9.17, 15) is 4.79 Å². The van der Waals surface area contributed by atoms with Crippen molar-refractivity contribution in [3.8, 4) is 5.75 Å². The molecule has 0 radical (unpaired) electrons. The minimum atomic E-state index is -0.773. The Hall–Kier alpha value is -1.71. The van der Waals surface area contributed by atoms with Crippen LogP contribution in [0.1, 0.15) is 99.0 Å². The van der Waals surface area contributed by atoms with Crippen LogP contribution in [-0.4, -0.2) is 30.8 Å². The van der Waals surface area contributed by atoms with E-state index < -0.39 is 5.97 Å². The van der Waals surface area contributed by atoms with Crippen LogP contribution in [0.15, 0.2) is 18.2 Å². The van der Waals surface area contributed by atoms with E-state index in [0.717, 1.165) is 56.6 Å². The summed E-state index contributed by atoms with van der Waals surface area (Å²) >= 11 is 0. The number of hydrogen-bond acceptors (Lipinski definition) is 3. The first-order valence-electron chi connectivity index (χ1n) is 11.7. The van der Waals surface area contributed by atoms with Crippen LogP contribution < -0.4 is 9.64 Å². The molecule has 0 unspecified atom stereocenters. The third kappa shape index (κ3) is 9.40. The molecule has 1 N–H and O–H groups in total.